The number of aryl methyl sites for hydroxylation is 1. The van der Waals surface area contributed by atoms with Crippen molar-refractivity contribution in [3.05, 3.63) is 58.4 Å². The van der Waals surface area contributed by atoms with Crippen LogP contribution in [-0.4, -0.2) is 26.1 Å². The molecule has 0 saturated heterocycles. The average Bonchev–Trinajstić information content (AvgIpc) is 2.59. The fraction of sp³-hybridized carbons (Fsp3) is 0.316. The van der Waals surface area contributed by atoms with E-state index >= 15 is 0 Å². The minimum atomic E-state index is -0.258. The minimum Gasteiger partial charge on any atom is -0.495 e. The maximum absolute atomic E-state index is 12.8. The molecule has 0 aromatic heterocycles. The largest absolute Gasteiger partial charge is 0.495 e. The van der Waals surface area contributed by atoms with Crippen molar-refractivity contribution in [2.45, 2.75) is 19.8 Å². The summed E-state index contributed by atoms with van der Waals surface area (Å²) in [6.07, 6.45) is 1.01. The molecule has 0 atom stereocenters. The van der Waals surface area contributed by atoms with Crippen LogP contribution in [0.5, 0.6) is 5.75 Å². The number of anilines is 1. The lowest BCUT2D eigenvalue weighted by Gasteiger charge is -2.13. The minimum absolute atomic E-state index is 0.0423. The van der Waals surface area contributed by atoms with Crippen molar-refractivity contribution in [1.29, 1.82) is 0 Å². The number of benzene rings is 2. The van der Waals surface area contributed by atoms with Crippen LogP contribution < -0.4 is 15.4 Å². The van der Waals surface area contributed by atoms with E-state index < -0.39 is 0 Å². The molecule has 0 aliphatic rings. The molecule has 0 bridgehead atoms. The van der Waals surface area contributed by atoms with Gasteiger partial charge in [-0.1, -0.05) is 23.7 Å². The highest BCUT2D eigenvalue weighted by atomic mass is 35.5. The molecule has 0 aliphatic heterocycles. The Bertz CT molecular complexity index is 720. The average molecular weight is 365 g/mol. The van der Waals surface area contributed by atoms with Gasteiger partial charge in [0.25, 0.3) is 0 Å². The van der Waals surface area contributed by atoms with Gasteiger partial charge in [0, 0.05) is 30.6 Å². The molecule has 0 saturated carbocycles. The van der Waals surface area contributed by atoms with Crippen LogP contribution in [0.25, 0.3) is 0 Å². The van der Waals surface area contributed by atoms with E-state index in [-0.39, 0.29) is 11.7 Å². The van der Waals surface area contributed by atoms with Crippen LogP contribution in [0.2, 0.25) is 5.02 Å². The fourth-order valence-electron chi connectivity index (χ4n) is 2.37. The Hall–Kier alpha value is -2.27. The highest BCUT2D eigenvalue weighted by Crippen LogP contribution is 2.30. The molecule has 1 amide bonds. The Kier molecular flexibility index (Phi) is 7.07. The normalized spacial score (nSPS) is 10.4. The van der Waals surface area contributed by atoms with Crippen LogP contribution in [0.1, 0.15) is 17.5 Å². The molecule has 0 fully saturated rings. The topological polar surface area (TPSA) is 50.4 Å². The second-order valence-electron chi connectivity index (χ2n) is 5.70. The third-order valence-corrected chi connectivity index (χ3v) is 4.20. The third-order valence-electron chi connectivity index (χ3n) is 3.80. The van der Waals surface area contributed by atoms with Crippen molar-refractivity contribution in [3.63, 3.8) is 0 Å². The number of carbonyl (C=O) groups excluding carboxylic acids is 1. The molecular weight excluding hydrogens is 343 g/mol. The zero-order valence-corrected chi connectivity index (χ0v) is 15.1. The standard InChI is InChI=1S/C19H22ClFN2O2/c1-13-11-17(18(25-2)12-16(13)20)22-10-8-19(24)23-9-7-14-3-5-15(21)6-4-14/h3-6,11-12,22H,7-10H2,1-2H3,(H,23,24). The summed E-state index contributed by atoms with van der Waals surface area (Å²) in [5.41, 5.74) is 2.73. The van der Waals surface area contributed by atoms with Crippen molar-refractivity contribution in [2.24, 2.45) is 0 Å². The number of hydrogen-bond donors (Lipinski definition) is 2. The van der Waals surface area contributed by atoms with E-state index in [4.69, 9.17) is 16.3 Å². The Morgan fingerprint density at radius 1 is 1.20 bits per heavy atom. The van der Waals surface area contributed by atoms with Crippen molar-refractivity contribution >= 4 is 23.2 Å². The van der Waals surface area contributed by atoms with E-state index in [2.05, 4.69) is 10.6 Å². The molecule has 2 aromatic rings. The number of nitrogens with one attached hydrogen (secondary N) is 2. The lowest BCUT2D eigenvalue weighted by atomic mass is 10.1. The Morgan fingerprint density at radius 3 is 2.60 bits per heavy atom. The highest BCUT2D eigenvalue weighted by Gasteiger charge is 2.07. The Labute approximate surface area is 152 Å². The molecule has 0 radical (unpaired) electrons. The van der Waals surface area contributed by atoms with E-state index in [9.17, 15) is 9.18 Å². The van der Waals surface area contributed by atoms with Gasteiger partial charge in [-0.3, -0.25) is 4.79 Å². The number of methoxy groups -OCH3 is 1. The second kappa shape index (κ2) is 9.28. The molecule has 2 rings (SSSR count). The number of halogens is 2. The first-order valence-corrected chi connectivity index (χ1v) is 8.46. The van der Waals surface area contributed by atoms with E-state index in [1.165, 1.54) is 12.1 Å². The number of amides is 1. The smallest absolute Gasteiger partial charge is 0.221 e. The number of carbonyl (C=O) groups is 1. The van der Waals surface area contributed by atoms with Gasteiger partial charge in [-0.15, -0.1) is 0 Å². The van der Waals surface area contributed by atoms with Gasteiger partial charge in [-0.05, 0) is 42.7 Å². The van der Waals surface area contributed by atoms with Crippen LogP contribution in [0.4, 0.5) is 10.1 Å². The number of ether oxygens (including phenoxy) is 1. The number of rotatable bonds is 8. The summed E-state index contributed by atoms with van der Waals surface area (Å²) in [6, 6.07) is 9.93. The Morgan fingerprint density at radius 2 is 1.92 bits per heavy atom. The molecule has 134 valence electrons. The quantitative estimate of drug-likeness (QED) is 0.745. The molecule has 0 heterocycles. The summed E-state index contributed by atoms with van der Waals surface area (Å²) >= 11 is 6.07. The molecule has 0 aliphatic carbocycles. The van der Waals surface area contributed by atoms with Crippen molar-refractivity contribution in [2.75, 3.05) is 25.5 Å². The van der Waals surface area contributed by atoms with Gasteiger partial charge >= 0.3 is 0 Å². The zero-order valence-electron chi connectivity index (χ0n) is 14.4. The SMILES string of the molecule is COc1cc(Cl)c(C)cc1NCCC(=O)NCCc1ccc(F)cc1. The predicted octanol–water partition coefficient (Wildman–Crippen LogP) is 3.96. The lowest BCUT2D eigenvalue weighted by Crippen LogP contribution is -2.27. The second-order valence-corrected chi connectivity index (χ2v) is 6.11. The maximum Gasteiger partial charge on any atom is 0.221 e. The molecule has 4 nitrogen and oxygen atoms in total. The van der Waals surface area contributed by atoms with Gasteiger partial charge in [-0.25, -0.2) is 4.39 Å². The Balaban J connectivity index is 1.73. The highest BCUT2D eigenvalue weighted by molar-refractivity contribution is 6.31. The summed E-state index contributed by atoms with van der Waals surface area (Å²) in [5, 5.41) is 6.69. The van der Waals surface area contributed by atoms with E-state index in [1.807, 2.05) is 13.0 Å². The first-order valence-electron chi connectivity index (χ1n) is 8.08. The van der Waals surface area contributed by atoms with Gasteiger partial charge in [-0.2, -0.15) is 0 Å². The summed E-state index contributed by atoms with van der Waals surface area (Å²) in [7, 11) is 1.58. The van der Waals surface area contributed by atoms with E-state index in [1.54, 1.807) is 25.3 Å². The van der Waals surface area contributed by atoms with Gasteiger partial charge in [0.2, 0.25) is 5.91 Å². The summed E-state index contributed by atoms with van der Waals surface area (Å²) in [5.74, 6) is 0.346. The maximum atomic E-state index is 12.8. The molecular formula is C19H22ClFN2O2. The van der Waals surface area contributed by atoms with Crippen LogP contribution >= 0.6 is 11.6 Å². The van der Waals surface area contributed by atoms with Crippen LogP contribution in [0.3, 0.4) is 0 Å². The van der Waals surface area contributed by atoms with Gasteiger partial charge in [0.15, 0.2) is 0 Å². The molecule has 0 spiro atoms. The molecule has 0 unspecified atom stereocenters. The molecule has 6 heteroatoms. The first kappa shape index (κ1) is 19.1. The molecule has 2 aromatic carbocycles. The zero-order chi connectivity index (χ0) is 18.2. The van der Waals surface area contributed by atoms with Crippen molar-refractivity contribution in [3.8, 4) is 5.75 Å². The van der Waals surface area contributed by atoms with Gasteiger partial charge in [0.05, 0.1) is 12.8 Å². The van der Waals surface area contributed by atoms with Crippen LogP contribution in [0.15, 0.2) is 36.4 Å². The fourth-order valence-corrected chi connectivity index (χ4v) is 2.52. The van der Waals surface area contributed by atoms with Gasteiger partial charge < -0.3 is 15.4 Å². The van der Waals surface area contributed by atoms with E-state index in [0.29, 0.717) is 36.7 Å². The van der Waals surface area contributed by atoms with E-state index in [0.717, 1.165) is 16.8 Å². The number of hydrogen-bond acceptors (Lipinski definition) is 3. The van der Waals surface area contributed by atoms with Crippen molar-refractivity contribution < 1.29 is 13.9 Å². The summed E-state index contributed by atoms with van der Waals surface area (Å²) < 4.78 is 18.1. The molecule has 2 N–H and O–H groups in total. The van der Waals surface area contributed by atoms with Crippen molar-refractivity contribution in [1.82, 2.24) is 5.32 Å². The monoisotopic (exact) mass is 364 g/mol. The summed E-state index contributed by atoms with van der Waals surface area (Å²) in [6.45, 7) is 2.92. The van der Waals surface area contributed by atoms with Crippen LogP contribution in [0, 0.1) is 12.7 Å². The van der Waals surface area contributed by atoms with Crippen LogP contribution in [-0.2, 0) is 11.2 Å². The van der Waals surface area contributed by atoms with Gasteiger partial charge in [0.1, 0.15) is 11.6 Å². The predicted molar refractivity (Wildman–Crippen MR) is 99.0 cm³/mol. The third kappa shape index (κ3) is 5.94. The summed E-state index contributed by atoms with van der Waals surface area (Å²) in [4.78, 5) is 11.9. The lowest BCUT2D eigenvalue weighted by molar-refractivity contribution is -0.120. The first-order chi connectivity index (χ1) is 12.0. The molecule has 25 heavy (non-hydrogen) atoms.